The number of hydrogen-bond acceptors (Lipinski definition) is 2. The van der Waals surface area contributed by atoms with Gasteiger partial charge in [0.1, 0.15) is 0 Å². The van der Waals surface area contributed by atoms with E-state index in [1.54, 1.807) is 0 Å². The predicted molar refractivity (Wildman–Crippen MR) is 66.3 cm³/mol. The molecule has 1 saturated heterocycles. The summed E-state index contributed by atoms with van der Waals surface area (Å²) in [6.45, 7) is 3.42. The molecule has 2 unspecified atom stereocenters. The fourth-order valence-corrected chi connectivity index (χ4v) is 2.57. The lowest BCUT2D eigenvalue weighted by atomic mass is 9.98. The fraction of sp³-hybridized carbons (Fsp3) is 0.357. The zero-order valence-corrected chi connectivity index (χ0v) is 9.48. The number of nitrogens with zero attached hydrogens (tertiary/aromatic N) is 1. The molecule has 2 atom stereocenters. The minimum atomic E-state index is 0.480. The smallest absolute Gasteiger partial charge is 0.0346 e. The summed E-state index contributed by atoms with van der Waals surface area (Å²) in [6, 6.07) is 8.97. The highest BCUT2D eigenvalue weighted by Crippen LogP contribution is 2.30. The monoisotopic (exact) mass is 212 g/mol. The molecule has 16 heavy (non-hydrogen) atoms. The number of hydrogen-bond donors (Lipinski definition) is 1. The molecular weight excluding hydrogens is 196 g/mol. The lowest BCUT2D eigenvalue weighted by molar-refractivity contribution is 0.613. The highest BCUT2D eigenvalue weighted by molar-refractivity contribution is 5.85. The van der Waals surface area contributed by atoms with Crippen LogP contribution < -0.4 is 5.32 Å². The van der Waals surface area contributed by atoms with Crippen LogP contribution in [-0.2, 0) is 0 Å². The van der Waals surface area contributed by atoms with Gasteiger partial charge in [0.25, 0.3) is 0 Å². The summed E-state index contributed by atoms with van der Waals surface area (Å²) in [5.41, 5.74) is 1.35. The van der Waals surface area contributed by atoms with Gasteiger partial charge in [0.15, 0.2) is 0 Å². The van der Waals surface area contributed by atoms with Crippen molar-refractivity contribution in [1.82, 2.24) is 10.3 Å². The Hall–Kier alpha value is -1.41. The summed E-state index contributed by atoms with van der Waals surface area (Å²) >= 11 is 0. The van der Waals surface area contributed by atoms with Crippen LogP contribution in [0.4, 0.5) is 0 Å². The maximum atomic E-state index is 4.34. The summed E-state index contributed by atoms with van der Waals surface area (Å²) < 4.78 is 0. The van der Waals surface area contributed by atoms with Gasteiger partial charge in [-0.05, 0) is 29.8 Å². The van der Waals surface area contributed by atoms with Crippen LogP contribution in [0, 0.1) is 5.92 Å². The Morgan fingerprint density at radius 3 is 2.94 bits per heavy atom. The zero-order chi connectivity index (χ0) is 11.0. The quantitative estimate of drug-likeness (QED) is 0.786. The first-order valence-electron chi connectivity index (χ1n) is 5.90. The van der Waals surface area contributed by atoms with Crippen molar-refractivity contribution in [1.29, 1.82) is 0 Å². The molecule has 2 aromatic rings. The highest BCUT2D eigenvalue weighted by Gasteiger charge is 2.23. The second-order valence-corrected chi connectivity index (χ2v) is 4.75. The topological polar surface area (TPSA) is 24.9 Å². The lowest BCUT2D eigenvalue weighted by Crippen LogP contribution is -2.13. The van der Waals surface area contributed by atoms with Crippen LogP contribution in [-0.4, -0.2) is 11.5 Å². The second kappa shape index (κ2) is 3.87. The summed E-state index contributed by atoms with van der Waals surface area (Å²) in [4.78, 5) is 4.34. The van der Waals surface area contributed by atoms with E-state index in [4.69, 9.17) is 0 Å². The Balaban J connectivity index is 2.09. The number of nitrogens with one attached hydrogen (secondary N) is 1. The average molecular weight is 212 g/mol. The third-order valence-corrected chi connectivity index (χ3v) is 3.43. The van der Waals surface area contributed by atoms with Crippen molar-refractivity contribution in [2.45, 2.75) is 19.4 Å². The van der Waals surface area contributed by atoms with E-state index in [1.807, 2.05) is 12.4 Å². The average Bonchev–Trinajstić information content (AvgIpc) is 2.75. The Morgan fingerprint density at radius 2 is 2.12 bits per heavy atom. The molecule has 1 fully saturated rings. The predicted octanol–water partition coefficient (Wildman–Crippen LogP) is 2.91. The summed E-state index contributed by atoms with van der Waals surface area (Å²) in [7, 11) is 0. The molecular formula is C14H16N2. The highest BCUT2D eigenvalue weighted by atomic mass is 14.9. The second-order valence-electron chi connectivity index (χ2n) is 4.75. The van der Waals surface area contributed by atoms with Crippen molar-refractivity contribution < 1.29 is 0 Å². The third-order valence-electron chi connectivity index (χ3n) is 3.43. The van der Waals surface area contributed by atoms with Gasteiger partial charge in [-0.2, -0.15) is 0 Å². The van der Waals surface area contributed by atoms with Gasteiger partial charge in [-0.3, -0.25) is 4.98 Å². The minimum Gasteiger partial charge on any atom is -0.310 e. The van der Waals surface area contributed by atoms with E-state index in [0.717, 1.165) is 12.5 Å². The number of fused-ring (bicyclic) bond motifs is 1. The maximum Gasteiger partial charge on any atom is 0.0346 e. The van der Waals surface area contributed by atoms with Crippen LogP contribution in [0.15, 0.2) is 36.7 Å². The van der Waals surface area contributed by atoms with Crippen LogP contribution in [0.2, 0.25) is 0 Å². The molecule has 0 amide bonds. The Labute approximate surface area is 95.7 Å². The van der Waals surface area contributed by atoms with Gasteiger partial charge in [0.05, 0.1) is 0 Å². The molecule has 0 spiro atoms. The van der Waals surface area contributed by atoms with Gasteiger partial charge in [-0.15, -0.1) is 0 Å². The van der Waals surface area contributed by atoms with Crippen molar-refractivity contribution in [3.63, 3.8) is 0 Å². The van der Waals surface area contributed by atoms with E-state index >= 15 is 0 Å². The van der Waals surface area contributed by atoms with Crippen molar-refractivity contribution >= 4 is 10.8 Å². The number of rotatable bonds is 1. The molecule has 2 nitrogen and oxygen atoms in total. The summed E-state index contributed by atoms with van der Waals surface area (Å²) in [5, 5.41) is 6.15. The van der Waals surface area contributed by atoms with Crippen molar-refractivity contribution in [3.05, 3.63) is 42.2 Å². The van der Waals surface area contributed by atoms with E-state index in [-0.39, 0.29) is 0 Å². The van der Waals surface area contributed by atoms with Crippen molar-refractivity contribution in [2.75, 3.05) is 6.54 Å². The standard InChI is InChI=1S/C14H16N2/c1-10-6-14(16-7-10)13-9-15-8-11-4-2-3-5-12(11)13/h2-5,8-10,14,16H,6-7H2,1H3. The van der Waals surface area contributed by atoms with Gasteiger partial charge in [0.2, 0.25) is 0 Å². The van der Waals surface area contributed by atoms with Crippen molar-refractivity contribution in [2.24, 2.45) is 5.92 Å². The van der Waals surface area contributed by atoms with E-state index in [2.05, 4.69) is 41.5 Å². The number of pyridine rings is 1. The molecule has 1 aliphatic heterocycles. The van der Waals surface area contributed by atoms with E-state index < -0.39 is 0 Å². The van der Waals surface area contributed by atoms with Gasteiger partial charge in [-0.1, -0.05) is 31.2 Å². The van der Waals surface area contributed by atoms with Gasteiger partial charge in [-0.25, -0.2) is 0 Å². The molecule has 2 heterocycles. The van der Waals surface area contributed by atoms with Crippen LogP contribution in [0.25, 0.3) is 10.8 Å². The van der Waals surface area contributed by atoms with E-state index in [0.29, 0.717) is 6.04 Å². The molecule has 1 aromatic carbocycles. The van der Waals surface area contributed by atoms with Crippen molar-refractivity contribution in [3.8, 4) is 0 Å². The zero-order valence-electron chi connectivity index (χ0n) is 9.48. The Morgan fingerprint density at radius 1 is 1.25 bits per heavy atom. The summed E-state index contributed by atoms with van der Waals surface area (Å²) in [6.07, 6.45) is 5.17. The Bertz CT molecular complexity index is 502. The fourth-order valence-electron chi connectivity index (χ4n) is 2.57. The van der Waals surface area contributed by atoms with Gasteiger partial charge in [0, 0.05) is 23.8 Å². The first-order chi connectivity index (χ1) is 7.84. The molecule has 3 rings (SSSR count). The molecule has 82 valence electrons. The third kappa shape index (κ3) is 1.59. The van der Waals surface area contributed by atoms with E-state index in [1.165, 1.54) is 22.8 Å². The van der Waals surface area contributed by atoms with Crippen LogP contribution in [0.3, 0.4) is 0 Å². The molecule has 0 bridgehead atoms. The first-order valence-corrected chi connectivity index (χ1v) is 5.90. The van der Waals surface area contributed by atoms with Crippen LogP contribution >= 0.6 is 0 Å². The van der Waals surface area contributed by atoms with Crippen LogP contribution in [0.5, 0.6) is 0 Å². The van der Waals surface area contributed by atoms with E-state index in [9.17, 15) is 0 Å². The molecule has 0 aliphatic carbocycles. The molecule has 0 radical (unpaired) electrons. The molecule has 1 N–H and O–H groups in total. The molecule has 1 aliphatic rings. The van der Waals surface area contributed by atoms with Gasteiger partial charge < -0.3 is 5.32 Å². The molecule has 1 aromatic heterocycles. The molecule has 2 heteroatoms. The normalized spacial score (nSPS) is 25.1. The van der Waals surface area contributed by atoms with Crippen LogP contribution in [0.1, 0.15) is 24.9 Å². The maximum absolute atomic E-state index is 4.34. The first kappa shape index (κ1) is 9.79. The largest absolute Gasteiger partial charge is 0.310 e. The number of aromatic nitrogens is 1. The number of benzene rings is 1. The SMILES string of the molecule is CC1CNC(c2cncc3ccccc23)C1. The lowest BCUT2D eigenvalue weighted by Gasteiger charge is -2.13. The van der Waals surface area contributed by atoms with Gasteiger partial charge >= 0.3 is 0 Å². The minimum absolute atomic E-state index is 0.480. The summed E-state index contributed by atoms with van der Waals surface area (Å²) in [5.74, 6) is 0.768. The molecule has 0 saturated carbocycles. The Kier molecular flexibility index (Phi) is 2.37.